The number of anilines is 2. The molecule has 0 radical (unpaired) electrons. The Labute approximate surface area is 182 Å². The largest absolute Gasteiger partial charge is 0.495 e. The number of benzene rings is 2. The summed E-state index contributed by atoms with van der Waals surface area (Å²) in [6, 6.07) is 11.3. The third-order valence-corrected chi connectivity index (χ3v) is 6.62. The van der Waals surface area contributed by atoms with Crippen LogP contribution in [0, 0.1) is 12.8 Å². The van der Waals surface area contributed by atoms with Crippen LogP contribution in [0.1, 0.15) is 25.8 Å². The number of rotatable bonds is 7. The summed E-state index contributed by atoms with van der Waals surface area (Å²) in [7, 11) is -2.06. The Bertz CT molecular complexity index is 1080. The summed E-state index contributed by atoms with van der Waals surface area (Å²) in [4.78, 5) is 27.0. The third kappa shape index (κ3) is 5.23. The van der Waals surface area contributed by atoms with Crippen LogP contribution in [0.5, 0.6) is 5.75 Å². The van der Waals surface area contributed by atoms with Crippen LogP contribution in [0.25, 0.3) is 0 Å². The smallest absolute Gasteiger partial charge is 0.240 e. The number of hydrogen-bond acceptors (Lipinski definition) is 5. The van der Waals surface area contributed by atoms with Gasteiger partial charge in [0.05, 0.1) is 23.6 Å². The molecule has 2 aromatic carbocycles. The number of hydrogen-bond donors (Lipinski definition) is 2. The number of carbonyl (C=O) groups is 2. The first-order chi connectivity index (χ1) is 14.6. The predicted molar refractivity (Wildman–Crippen MR) is 119 cm³/mol. The maximum atomic E-state index is 12.7. The van der Waals surface area contributed by atoms with Crippen molar-refractivity contribution in [3.05, 3.63) is 48.0 Å². The maximum Gasteiger partial charge on any atom is 0.240 e. The maximum absolute atomic E-state index is 12.7. The molecule has 1 atom stereocenters. The van der Waals surface area contributed by atoms with Gasteiger partial charge in [0.2, 0.25) is 21.8 Å². The van der Waals surface area contributed by atoms with E-state index in [9.17, 15) is 18.0 Å². The summed E-state index contributed by atoms with van der Waals surface area (Å²) in [5, 5.41) is 2.77. The van der Waals surface area contributed by atoms with E-state index in [2.05, 4.69) is 10.0 Å². The highest BCUT2D eigenvalue weighted by Gasteiger charge is 2.36. The van der Waals surface area contributed by atoms with Crippen LogP contribution in [0.2, 0.25) is 0 Å². The van der Waals surface area contributed by atoms with Gasteiger partial charge in [-0.2, -0.15) is 0 Å². The van der Waals surface area contributed by atoms with Crippen LogP contribution in [-0.2, 0) is 19.6 Å². The highest BCUT2D eigenvalue weighted by molar-refractivity contribution is 7.89. The van der Waals surface area contributed by atoms with Gasteiger partial charge < -0.3 is 15.0 Å². The van der Waals surface area contributed by atoms with Crippen LogP contribution < -0.4 is 19.7 Å². The zero-order valence-electron chi connectivity index (χ0n) is 18.0. The van der Waals surface area contributed by atoms with Crippen LogP contribution in [0.4, 0.5) is 11.4 Å². The molecule has 166 valence electrons. The van der Waals surface area contributed by atoms with Crippen LogP contribution in [0.3, 0.4) is 0 Å². The highest BCUT2D eigenvalue weighted by Crippen LogP contribution is 2.34. The Hall–Kier alpha value is -2.91. The number of aryl methyl sites for hydroxylation is 1. The van der Waals surface area contributed by atoms with Crippen molar-refractivity contribution in [1.82, 2.24) is 4.72 Å². The minimum Gasteiger partial charge on any atom is -0.495 e. The quantitative estimate of drug-likeness (QED) is 0.682. The Morgan fingerprint density at radius 1 is 1.16 bits per heavy atom. The molecule has 0 unspecified atom stereocenters. The molecule has 1 aliphatic rings. The Morgan fingerprint density at radius 2 is 1.84 bits per heavy atom. The number of nitrogens with zero attached hydrogens (tertiary/aromatic N) is 1. The normalized spacial score (nSPS) is 16.6. The second-order valence-corrected chi connectivity index (χ2v) is 9.58. The Kier molecular flexibility index (Phi) is 6.66. The van der Waals surface area contributed by atoms with Crippen LogP contribution in [-0.4, -0.2) is 39.9 Å². The number of sulfonamides is 1. The lowest BCUT2D eigenvalue weighted by Crippen LogP contribution is -2.30. The molecule has 2 N–H and O–H groups in total. The van der Waals surface area contributed by atoms with Crippen molar-refractivity contribution in [2.24, 2.45) is 5.92 Å². The molecule has 1 fully saturated rings. The van der Waals surface area contributed by atoms with Crippen LogP contribution in [0.15, 0.2) is 47.4 Å². The number of amides is 2. The van der Waals surface area contributed by atoms with E-state index in [4.69, 9.17) is 4.74 Å². The van der Waals surface area contributed by atoms with Gasteiger partial charge in [-0.15, -0.1) is 0 Å². The van der Waals surface area contributed by atoms with Gasteiger partial charge in [-0.3, -0.25) is 9.59 Å². The zero-order valence-corrected chi connectivity index (χ0v) is 18.8. The van der Waals surface area contributed by atoms with E-state index >= 15 is 0 Å². The van der Waals surface area contributed by atoms with Gasteiger partial charge in [-0.25, -0.2) is 13.1 Å². The molecule has 1 saturated heterocycles. The average molecular weight is 446 g/mol. The van der Waals surface area contributed by atoms with Gasteiger partial charge in [-0.1, -0.05) is 6.07 Å². The molecular formula is C22H27N3O5S. The van der Waals surface area contributed by atoms with E-state index in [0.717, 1.165) is 5.56 Å². The van der Waals surface area contributed by atoms with E-state index in [1.807, 2.05) is 19.1 Å². The molecule has 9 heteroatoms. The summed E-state index contributed by atoms with van der Waals surface area (Å²) in [5.74, 6) is -0.390. The van der Waals surface area contributed by atoms with E-state index in [0.29, 0.717) is 17.1 Å². The zero-order chi connectivity index (χ0) is 22.8. The van der Waals surface area contributed by atoms with Crippen molar-refractivity contribution in [1.29, 1.82) is 0 Å². The fourth-order valence-corrected chi connectivity index (χ4v) is 4.72. The third-order valence-electron chi connectivity index (χ3n) is 4.94. The summed E-state index contributed by atoms with van der Waals surface area (Å²) in [5.41, 5.74) is 2.10. The summed E-state index contributed by atoms with van der Waals surface area (Å²) in [6.07, 6.45) is 0.0910. The molecule has 1 heterocycles. The molecule has 1 aliphatic heterocycles. The van der Waals surface area contributed by atoms with Gasteiger partial charge >= 0.3 is 0 Å². The standard InChI is InChI=1S/C22H27N3O5S/c1-14(2)24-31(28,29)18-8-6-17(7-9-18)23-22(27)16-12-21(26)25(13-16)19-11-15(3)5-10-20(19)30-4/h5-11,14,16,24H,12-13H2,1-4H3,(H,23,27)/t16-/m0/s1. The van der Waals surface area contributed by atoms with Gasteiger partial charge in [0.1, 0.15) is 5.75 Å². The molecule has 2 amide bonds. The molecular weight excluding hydrogens is 418 g/mol. The molecule has 0 aromatic heterocycles. The van der Waals surface area contributed by atoms with E-state index in [1.165, 1.54) is 24.3 Å². The first-order valence-electron chi connectivity index (χ1n) is 9.99. The van der Waals surface area contributed by atoms with Gasteiger partial charge in [0, 0.05) is 24.7 Å². The van der Waals surface area contributed by atoms with Crippen molar-refractivity contribution in [2.45, 2.75) is 38.1 Å². The molecule has 3 rings (SSSR count). The Balaban J connectivity index is 1.69. The number of methoxy groups -OCH3 is 1. The van der Waals surface area contributed by atoms with E-state index in [1.54, 1.807) is 31.9 Å². The minimum absolute atomic E-state index is 0.0910. The first-order valence-corrected chi connectivity index (χ1v) is 11.5. The van der Waals surface area contributed by atoms with Crippen molar-refractivity contribution in [3.63, 3.8) is 0 Å². The highest BCUT2D eigenvalue weighted by atomic mass is 32.2. The second-order valence-electron chi connectivity index (χ2n) is 7.87. The van der Waals surface area contributed by atoms with Gasteiger partial charge in [0.15, 0.2) is 0 Å². The summed E-state index contributed by atoms with van der Waals surface area (Å²) < 4.78 is 32.3. The molecule has 2 aromatic rings. The van der Waals surface area contributed by atoms with Crippen molar-refractivity contribution in [2.75, 3.05) is 23.9 Å². The molecule has 0 spiro atoms. The van der Waals surface area contributed by atoms with Crippen molar-refractivity contribution < 1.29 is 22.7 Å². The van der Waals surface area contributed by atoms with E-state index < -0.39 is 15.9 Å². The molecule has 0 aliphatic carbocycles. The number of nitrogens with one attached hydrogen (secondary N) is 2. The SMILES string of the molecule is COc1ccc(C)cc1N1C[C@@H](C(=O)Nc2ccc(S(=O)(=O)NC(C)C)cc2)CC1=O. The molecule has 8 nitrogen and oxygen atoms in total. The fraction of sp³-hybridized carbons (Fsp3) is 0.364. The molecule has 0 saturated carbocycles. The summed E-state index contributed by atoms with van der Waals surface area (Å²) in [6.45, 7) is 5.65. The molecule has 0 bridgehead atoms. The fourth-order valence-electron chi connectivity index (χ4n) is 3.47. The first kappa shape index (κ1) is 22.8. The lowest BCUT2D eigenvalue weighted by atomic mass is 10.1. The molecule has 31 heavy (non-hydrogen) atoms. The topological polar surface area (TPSA) is 105 Å². The number of ether oxygens (including phenoxy) is 1. The van der Waals surface area contributed by atoms with Crippen molar-refractivity contribution >= 4 is 33.2 Å². The van der Waals surface area contributed by atoms with Gasteiger partial charge in [0.25, 0.3) is 0 Å². The lowest BCUT2D eigenvalue weighted by Gasteiger charge is -2.20. The number of carbonyl (C=O) groups excluding carboxylic acids is 2. The predicted octanol–water partition coefficient (Wildman–Crippen LogP) is 2.68. The summed E-state index contributed by atoms with van der Waals surface area (Å²) >= 11 is 0. The second kappa shape index (κ2) is 9.07. The van der Waals surface area contributed by atoms with Gasteiger partial charge in [-0.05, 0) is 62.7 Å². The Morgan fingerprint density at radius 3 is 2.45 bits per heavy atom. The monoisotopic (exact) mass is 445 g/mol. The van der Waals surface area contributed by atoms with E-state index in [-0.39, 0.29) is 35.7 Å². The lowest BCUT2D eigenvalue weighted by molar-refractivity contribution is -0.122. The average Bonchev–Trinajstić information content (AvgIpc) is 3.09. The minimum atomic E-state index is -3.60. The van der Waals surface area contributed by atoms with Crippen molar-refractivity contribution in [3.8, 4) is 5.75 Å². The van der Waals surface area contributed by atoms with Crippen LogP contribution >= 0.6 is 0 Å².